The lowest BCUT2D eigenvalue weighted by molar-refractivity contribution is 1.18. The Morgan fingerprint density at radius 1 is 0.286 bits per heavy atom. The summed E-state index contributed by atoms with van der Waals surface area (Å²) in [7, 11) is 0. The van der Waals surface area contributed by atoms with Crippen LogP contribution in [0.4, 0.5) is 0 Å². The lowest BCUT2D eigenvalue weighted by Crippen LogP contribution is -1.95. The predicted molar refractivity (Wildman–Crippen MR) is 237 cm³/mol. The van der Waals surface area contributed by atoms with Crippen LogP contribution in [0.3, 0.4) is 0 Å². The van der Waals surface area contributed by atoms with E-state index in [9.17, 15) is 4.11 Å². The van der Waals surface area contributed by atoms with Gasteiger partial charge in [0.15, 0.2) is 0 Å². The summed E-state index contributed by atoms with van der Waals surface area (Å²) in [6.45, 7) is 0. The van der Waals surface area contributed by atoms with Crippen LogP contribution in [0.25, 0.3) is 99.5 Å². The Labute approximate surface area is 335 Å². The molecule has 2 heteroatoms. The van der Waals surface area contributed by atoms with E-state index in [4.69, 9.17) is 5.48 Å². The highest BCUT2D eigenvalue weighted by molar-refractivity contribution is 6.13. The maximum Gasteiger partial charge on any atom is 0.0645 e. The standard InChI is InChI=1S/C54H36N2/c1-4-13-37(14-5-1)40-23-28-45(29-24-40)55-51-22-11-10-21-47(51)49-34-42(26-31-52(49)55)43-27-32-53-50(35-43)48-30-25-44(39-17-8-3-9-18-39)36-54(48)56(53)46-20-12-19-41(33-46)38-15-6-2-7-16-38/h1-36H/i10D,11D,21D,22D,26D,31D,34D. The molecule has 0 saturated carbocycles. The van der Waals surface area contributed by atoms with Crippen molar-refractivity contribution in [2.75, 3.05) is 0 Å². The first-order chi connectivity index (χ1) is 30.7. The molecule has 0 radical (unpaired) electrons. The van der Waals surface area contributed by atoms with Gasteiger partial charge in [0.05, 0.1) is 31.7 Å². The largest absolute Gasteiger partial charge is 0.309 e. The molecule has 0 fully saturated rings. The van der Waals surface area contributed by atoms with Crippen molar-refractivity contribution in [1.29, 1.82) is 0 Å². The van der Waals surface area contributed by atoms with Crippen molar-refractivity contribution < 1.29 is 9.60 Å². The van der Waals surface area contributed by atoms with Gasteiger partial charge in [0, 0.05) is 32.9 Å². The molecule has 11 rings (SSSR count). The molecule has 0 aliphatic carbocycles. The van der Waals surface area contributed by atoms with Crippen molar-refractivity contribution in [3.8, 4) is 55.9 Å². The Morgan fingerprint density at radius 2 is 0.839 bits per heavy atom. The molecule has 0 bridgehead atoms. The van der Waals surface area contributed by atoms with Gasteiger partial charge in [-0.3, -0.25) is 0 Å². The molecule has 2 aromatic heterocycles. The molecule has 0 amide bonds. The van der Waals surface area contributed by atoms with E-state index in [1.807, 2.05) is 109 Å². The number of hydrogen-bond donors (Lipinski definition) is 0. The minimum Gasteiger partial charge on any atom is -0.309 e. The van der Waals surface area contributed by atoms with Crippen molar-refractivity contribution >= 4 is 43.6 Å². The van der Waals surface area contributed by atoms with E-state index in [0.717, 1.165) is 60.9 Å². The average Bonchev–Trinajstić information content (AvgIpc) is 3.87. The van der Waals surface area contributed by atoms with Crippen LogP contribution in [0.15, 0.2) is 218 Å². The highest BCUT2D eigenvalue weighted by Crippen LogP contribution is 2.40. The summed E-state index contributed by atoms with van der Waals surface area (Å²) in [6.07, 6.45) is 0. The second-order valence-electron chi connectivity index (χ2n) is 14.0. The molecule has 2 heterocycles. The molecular weight excluding hydrogens is 677 g/mol. The SMILES string of the molecule is [2H]c1c([2H])c([2H])c2c(c1[2H])c1c([2H])c(-c3ccc4c(c3)c3ccc(-c5ccccc5)cc3n4-c3cccc(-c4ccccc4)c3)c([2H])c([2H])c1n2-c1ccc(-c2ccccc2)cc1. The molecule has 0 saturated heterocycles. The van der Waals surface area contributed by atoms with Gasteiger partial charge in [0.1, 0.15) is 0 Å². The van der Waals surface area contributed by atoms with Gasteiger partial charge in [-0.2, -0.15) is 0 Å². The highest BCUT2D eigenvalue weighted by atomic mass is 15.0. The van der Waals surface area contributed by atoms with E-state index in [2.05, 4.69) is 71.3 Å². The van der Waals surface area contributed by atoms with Crippen LogP contribution in [0.2, 0.25) is 0 Å². The Bertz CT molecular complexity index is 3620. The van der Waals surface area contributed by atoms with Gasteiger partial charge >= 0.3 is 0 Å². The zero-order chi connectivity index (χ0) is 43.1. The van der Waals surface area contributed by atoms with Crippen molar-refractivity contribution in [3.63, 3.8) is 0 Å². The highest BCUT2D eigenvalue weighted by Gasteiger charge is 2.17. The molecule has 56 heavy (non-hydrogen) atoms. The fourth-order valence-electron chi connectivity index (χ4n) is 8.07. The van der Waals surface area contributed by atoms with Crippen LogP contribution in [0, 0.1) is 0 Å². The van der Waals surface area contributed by atoms with Gasteiger partial charge in [-0.15, -0.1) is 0 Å². The van der Waals surface area contributed by atoms with E-state index in [1.54, 1.807) is 4.57 Å². The minimum absolute atomic E-state index is 0.0781. The molecule has 0 unspecified atom stereocenters. The van der Waals surface area contributed by atoms with Crippen LogP contribution < -0.4 is 0 Å². The molecule has 0 atom stereocenters. The number of aromatic nitrogens is 2. The zero-order valence-corrected chi connectivity index (χ0v) is 30.1. The quantitative estimate of drug-likeness (QED) is 0.162. The van der Waals surface area contributed by atoms with Crippen LogP contribution >= 0.6 is 0 Å². The summed E-state index contributed by atoms with van der Waals surface area (Å²) >= 11 is 0. The second kappa shape index (κ2) is 13.2. The van der Waals surface area contributed by atoms with Crippen LogP contribution in [0.5, 0.6) is 0 Å². The van der Waals surface area contributed by atoms with Gasteiger partial charge in [0.2, 0.25) is 0 Å². The van der Waals surface area contributed by atoms with E-state index in [0.29, 0.717) is 11.3 Å². The fourth-order valence-corrected chi connectivity index (χ4v) is 8.07. The number of para-hydroxylation sites is 1. The lowest BCUT2D eigenvalue weighted by atomic mass is 9.99. The molecule has 2 nitrogen and oxygen atoms in total. The van der Waals surface area contributed by atoms with Crippen molar-refractivity contribution in [2.24, 2.45) is 0 Å². The number of fused-ring (bicyclic) bond motifs is 6. The molecule has 262 valence electrons. The maximum atomic E-state index is 9.88. The van der Waals surface area contributed by atoms with E-state index in [1.165, 1.54) is 0 Å². The summed E-state index contributed by atoms with van der Waals surface area (Å²) in [5.41, 5.74) is 10.9. The topological polar surface area (TPSA) is 9.86 Å². The van der Waals surface area contributed by atoms with Gasteiger partial charge in [0.25, 0.3) is 0 Å². The minimum atomic E-state index is -0.422. The average molecular weight is 720 g/mol. The van der Waals surface area contributed by atoms with E-state index in [-0.39, 0.29) is 57.6 Å². The molecular formula is C54H36N2. The summed E-state index contributed by atoms with van der Waals surface area (Å²) in [6, 6.07) is 57.0. The molecule has 0 N–H and O–H groups in total. The number of hydrogen-bond acceptors (Lipinski definition) is 0. The Balaban J connectivity index is 1.16. The van der Waals surface area contributed by atoms with Crippen molar-refractivity contribution in [2.45, 2.75) is 0 Å². The Hall–Kier alpha value is -7.42. The van der Waals surface area contributed by atoms with Crippen molar-refractivity contribution in [1.82, 2.24) is 9.13 Å². The van der Waals surface area contributed by atoms with Gasteiger partial charge in [-0.05, 0) is 105 Å². The lowest BCUT2D eigenvalue weighted by Gasteiger charge is -2.12. The fraction of sp³-hybridized carbons (Fsp3) is 0. The van der Waals surface area contributed by atoms with E-state index < -0.39 is 12.1 Å². The third-order valence-corrected chi connectivity index (χ3v) is 10.8. The first kappa shape index (κ1) is 25.6. The van der Waals surface area contributed by atoms with Crippen molar-refractivity contribution in [3.05, 3.63) is 218 Å². The first-order valence-corrected chi connectivity index (χ1v) is 18.7. The Morgan fingerprint density at radius 3 is 1.57 bits per heavy atom. The van der Waals surface area contributed by atoms with E-state index >= 15 is 0 Å². The summed E-state index contributed by atoms with van der Waals surface area (Å²) in [4.78, 5) is 0. The molecule has 11 aromatic rings. The molecule has 9 aromatic carbocycles. The first-order valence-electron chi connectivity index (χ1n) is 22.2. The number of rotatable bonds is 6. The van der Waals surface area contributed by atoms with Crippen LogP contribution in [0.1, 0.15) is 9.60 Å². The predicted octanol–water partition coefficient (Wildman–Crippen LogP) is 14.5. The Kier molecular flexibility index (Phi) is 6.01. The summed E-state index contributed by atoms with van der Waals surface area (Å²) in [5.74, 6) is 0. The third-order valence-electron chi connectivity index (χ3n) is 10.8. The smallest absolute Gasteiger partial charge is 0.0645 e. The number of benzene rings is 9. The maximum absolute atomic E-state index is 9.88. The number of nitrogens with zero attached hydrogens (tertiary/aromatic N) is 2. The zero-order valence-electron chi connectivity index (χ0n) is 37.1. The van der Waals surface area contributed by atoms with Gasteiger partial charge in [-0.25, -0.2) is 0 Å². The van der Waals surface area contributed by atoms with Crippen LogP contribution in [-0.2, 0) is 0 Å². The summed E-state index contributed by atoms with van der Waals surface area (Å²) < 4.78 is 68.6. The third kappa shape index (κ3) is 5.34. The van der Waals surface area contributed by atoms with Gasteiger partial charge < -0.3 is 9.13 Å². The molecule has 0 spiro atoms. The monoisotopic (exact) mass is 719 g/mol. The van der Waals surface area contributed by atoms with Crippen LogP contribution in [-0.4, -0.2) is 9.13 Å². The second-order valence-corrected chi connectivity index (χ2v) is 14.0. The van der Waals surface area contributed by atoms with Gasteiger partial charge in [-0.1, -0.05) is 158 Å². The normalized spacial score (nSPS) is 13.3. The molecule has 0 aliphatic rings. The molecule has 0 aliphatic heterocycles. The summed E-state index contributed by atoms with van der Waals surface area (Å²) in [5, 5.41) is 2.23.